The van der Waals surface area contributed by atoms with E-state index in [1.54, 1.807) is 24.4 Å². The third kappa shape index (κ3) is 5.94. The number of halogens is 1. The molecule has 11 heteroatoms. The standard InChI is InChI=1S/C27H29FN8O2/c1-35-12-14-36(15-13-35)27-33-24(18-8-9-22(38-2)21(28)16-18)32-26(34-27)31-23-17-19(10-11-29-23)25(37)30-20-6-4-3-5-7-20/h3-4,6,8-11,16-17H,5,7,12-15H2,1-2H3,(H,30,37)(H,29,31,32,33,34). The number of benzene rings is 1. The van der Waals surface area contributed by atoms with Crippen LogP contribution in [0.3, 0.4) is 0 Å². The minimum absolute atomic E-state index is 0.139. The Kier molecular flexibility index (Phi) is 7.55. The first kappa shape index (κ1) is 25.3. The van der Waals surface area contributed by atoms with Gasteiger partial charge in [0.15, 0.2) is 17.4 Å². The Morgan fingerprint density at radius 1 is 1.08 bits per heavy atom. The van der Waals surface area contributed by atoms with Gasteiger partial charge in [0.2, 0.25) is 11.9 Å². The Bertz CT molecular complexity index is 1390. The molecule has 2 aromatic heterocycles. The molecule has 2 aliphatic rings. The number of anilines is 3. The largest absolute Gasteiger partial charge is 0.494 e. The molecule has 0 bridgehead atoms. The zero-order valence-corrected chi connectivity index (χ0v) is 21.3. The van der Waals surface area contributed by atoms with E-state index in [0.717, 1.165) is 44.7 Å². The van der Waals surface area contributed by atoms with Crippen molar-refractivity contribution in [1.82, 2.24) is 30.2 Å². The Morgan fingerprint density at radius 3 is 2.66 bits per heavy atom. The fourth-order valence-corrected chi connectivity index (χ4v) is 4.18. The zero-order valence-electron chi connectivity index (χ0n) is 21.3. The SMILES string of the molecule is COc1ccc(-c2nc(Nc3cc(C(=O)NC4=CC=CCC4)ccn3)nc(N3CCN(C)CC3)n2)cc1F. The van der Waals surface area contributed by atoms with Gasteiger partial charge in [0, 0.05) is 49.2 Å². The molecular weight excluding hydrogens is 487 g/mol. The predicted octanol–water partition coefficient (Wildman–Crippen LogP) is 3.54. The van der Waals surface area contributed by atoms with Crippen LogP contribution in [0.25, 0.3) is 11.4 Å². The molecule has 38 heavy (non-hydrogen) atoms. The van der Waals surface area contributed by atoms with E-state index < -0.39 is 5.82 Å². The van der Waals surface area contributed by atoms with E-state index in [9.17, 15) is 9.18 Å². The van der Waals surface area contributed by atoms with E-state index in [4.69, 9.17) is 4.74 Å². The average Bonchev–Trinajstić information content (AvgIpc) is 2.94. The number of carbonyl (C=O) groups is 1. The molecule has 1 aliphatic heterocycles. The highest BCUT2D eigenvalue weighted by atomic mass is 19.1. The summed E-state index contributed by atoms with van der Waals surface area (Å²) in [6, 6.07) is 7.87. The fourth-order valence-electron chi connectivity index (χ4n) is 4.18. The summed E-state index contributed by atoms with van der Waals surface area (Å²) in [4.78, 5) is 35.2. The molecule has 1 amide bonds. The first-order valence-corrected chi connectivity index (χ1v) is 12.4. The van der Waals surface area contributed by atoms with Gasteiger partial charge in [-0.3, -0.25) is 4.79 Å². The number of piperazine rings is 1. The van der Waals surface area contributed by atoms with Crippen molar-refractivity contribution in [2.24, 2.45) is 0 Å². The van der Waals surface area contributed by atoms with Crippen molar-refractivity contribution in [2.75, 3.05) is 50.6 Å². The van der Waals surface area contributed by atoms with Crippen LogP contribution in [-0.4, -0.2) is 71.1 Å². The van der Waals surface area contributed by atoms with Gasteiger partial charge in [-0.05, 0) is 56.3 Å². The molecule has 0 unspecified atom stereocenters. The van der Waals surface area contributed by atoms with Crippen LogP contribution in [0, 0.1) is 5.82 Å². The van der Waals surface area contributed by atoms with Crippen LogP contribution in [0.1, 0.15) is 23.2 Å². The van der Waals surface area contributed by atoms with Crippen LogP contribution in [0.2, 0.25) is 0 Å². The number of hydrogen-bond donors (Lipinski definition) is 2. The van der Waals surface area contributed by atoms with Crippen LogP contribution in [-0.2, 0) is 0 Å². The molecule has 1 fully saturated rings. The number of methoxy groups -OCH3 is 1. The summed E-state index contributed by atoms with van der Waals surface area (Å²) in [6.45, 7) is 3.22. The molecule has 2 N–H and O–H groups in total. The fraction of sp³-hybridized carbons (Fsp3) is 0.296. The maximum absolute atomic E-state index is 14.5. The summed E-state index contributed by atoms with van der Waals surface area (Å²) in [5.41, 5.74) is 1.80. The molecule has 10 nitrogen and oxygen atoms in total. The van der Waals surface area contributed by atoms with Crippen molar-refractivity contribution < 1.29 is 13.9 Å². The number of hydrogen-bond acceptors (Lipinski definition) is 9. The summed E-state index contributed by atoms with van der Waals surface area (Å²) < 4.78 is 19.5. The smallest absolute Gasteiger partial charge is 0.255 e. The highest BCUT2D eigenvalue weighted by molar-refractivity contribution is 5.96. The van der Waals surface area contributed by atoms with Crippen LogP contribution in [0.15, 0.2) is 60.5 Å². The van der Waals surface area contributed by atoms with Gasteiger partial charge >= 0.3 is 0 Å². The first-order chi connectivity index (χ1) is 18.5. The number of allylic oxidation sites excluding steroid dienone is 4. The van der Waals surface area contributed by atoms with E-state index in [1.165, 1.54) is 19.2 Å². The molecule has 0 saturated carbocycles. The second-order valence-electron chi connectivity index (χ2n) is 9.09. The van der Waals surface area contributed by atoms with E-state index in [0.29, 0.717) is 28.7 Å². The normalized spacial score (nSPS) is 15.7. The zero-order chi connectivity index (χ0) is 26.5. The minimum Gasteiger partial charge on any atom is -0.494 e. The molecular formula is C27H29FN8O2. The molecule has 0 atom stereocenters. The summed E-state index contributed by atoms with van der Waals surface area (Å²) in [7, 11) is 3.48. The Hall–Kier alpha value is -4.38. The summed E-state index contributed by atoms with van der Waals surface area (Å²) in [5, 5.41) is 6.05. The maximum Gasteiger partial charge on any atom is 0.255 e. The third-order valence-corrected chi connectivity index (χ3v) is 6.37. The number of rotatable bonds is 7. The van der Waals surface area contributed by atoms with Crippen molar-refractivity contribution in [3.05, 3.63) is 71.8 Å². The van der Waals surface area contributed by atoms with Crippen molar-refractivity contribution in [3.8, 4) is 17.1 Å². The van der Waals surface area contributed by atoms with E-state index in [-0.39, 0.29) is 17.6 Å². The van der Waals surface area contributed by atoms with Crippen LogP contribution in [0.4, 0.5) is 22.1 Å². The van der Waals surface area contributed by atoms with E-state index in [1.807, 2.05) is 12.2 Å². The number of carbonyl (C=O) groups excluding carboxylic acids is 1. The predicted molar refractivity (Wildman–Crippen MR) is 143 cm³/mol. The topological polar surface area (TPSA) is 108 Å². The lowest BCUT2D eigenvalue weighted by Crippen LogP contribution is -2.45. The lowest BCUT2D eigenvalue weighted by Gasteiger charge is -2.32. The van der Waals surface area contributed by atoms with Crippen molar-refractivity contribution in [2.45, 2.75) is 12.8 Å². The second-order valence-corrected chi connectivity index (χ2v) is 9.09. The van der Waals surface area contributed by atoms with Gasteiger partial charge in [0.05, 0.1) is 7.11 Å². The van der Waals surface area contributed by atoms with Gasteiger partial charge in [0.25, 0.3) is 5.91 Å². The van der Waals surface area contributed by atoms with Gasteiger partial charge in [-0.15, -0.1) is 0 Å². The van der Waals surface area contributed by atoms with Crippen LogP contribution in [0.5, 0.6) is 5.75 Å². The highest BCUT2D eigenvalue weighted by Crippen LogP contribution is 2.26. The molecule has 3 aromatic rings. The first-order valence-electron chi connectivity index (χ1n) is 12.4. The lowest BCUT2D eigenvalue weighted by molar-refractivity contribution is 0.0964. The molecule has 1 saturated heterocycles. The van der Waals surface area contributed by atoms with Gasteiger partial charge in [-0.2, -0.15) is 15.0 Å². The summed E-state index contributed by atoms with van der Waals surface area (Å²) >= 11 is 0. The summed E-state index contributed by atoms with van der Waals surface area (Å²) in [5.74, 6) is 0.838. The third-order valence-electron chi connectivity index (χ3n) is 6.37. The molecule has 0 spiro atoms. The monoisotopic (exact) mass is 516 g/mol. The van der Waals surface area contributed by atoms with E-state index in [2.05, 4.69) is 53.5 Å². The highest BCUT2D eigenvalue weighted by Gasteiger charge is 2.20. The van der Waals surface area contributed by atoms with Gasteiger partial charge in [-0.25, -0.2) is 9.37 Å². The van der Waals surface area contributed by atoms with Crippen molar-refractivity contribution in [1.29, 1.82) is 0 Å². The molecule has 1 aromatic carbocycles. The second kappa shape index (κ2) is 11.3. The van der Waals surface area contributed by atoms with Crippen molar-refractivity contribution in [3.63, 3.8) is 0 Å². The Balaban J connectivity index is 1.43. The average molecular weight is 517 g/mol. The molecule has 0 radical (unpaired) electrons. The molecule has 3 heterocycles. The van der Waals surface area contributed by atoms with Crippen LogP contribution >= 0.6 is 0 Å². The maximum atomic E-state index is 14.5. The van der Waals surface area contributed by atoms with Crippen molar-refractivity contribution >= 4 is 23.6 Å². The van der Waals surface area contributed by atoms with Gasteiger partial charge in [-0.1, -0.05) is 12.2 Å². The number of aromatic nitrogens is 4. The molecule has 196 valence electrons. The number of pyridine rings is 1. The quantitative estimate of drug-likeness (QED) is 0.487. The number of likely N-dealkylation sites (N-methyl/N-ethyl adjacent to an activating group) is 1. The number of amides is 1. The van der Waals surface area contributed by atoms with E-state index >= 15 is 0 Å². The number of nitrogens with zero attached hydrogens (tertiary/aromatic N) is 6. The van der Waals surface area contributed by atoms with Crippen LogP contribution < -0.4 is 20.3 Å². The number of ether oxygens (including phenoxy) is 1. The molecule has 1 aliphatic carbocycles. The lowest BCUT2D eigenvalue weighted by atomic mass is 10.1. The van der Waals surface area contributed by atoms with Gasteiger partial charge < -0.3 is 25.2 Å². The minimum atomic E-state index is -0.509. The molecule has 5 rings (SSSR count). The van der Waals surface area contributed by atoms with Gasteiger partial charge in [0.1, 0.15) is 5.82 Å². The Labute approximate surface area is 220 Å². The Morgan fingerprint density at radius 2 is 1.92 bits per heavy atom. The number of nitrogens with one attached hydrogen (secondary N) is 2. The summed E-state index contributed by atoms with van der Waals surface area (Å²) in [6.07, 6.45) is 9.12.